The molecule has 8 rings (SSSR count). The fourth-order valence-corrected chi connectivity index (χ4v) is 6.93. The van der Waals surface area contributed by atoms with E-state index in [1.165, 1.54) is 6.07 Å². The van der Waals surface area contributed by atoms with Gasteiger partial charge in [-0.2, -0.15) is 0 Å². The number of nitrogens with zero attached hydrogens (tertiary/aromatic N) is 6. The highest BCUT2D eigenvalue weighted by atomic mass is 35.5. The molecule has 6 aromatic heterocycles. The number of aromatic amines is 2. The fourth-order valence-electron chi connectivity index (χ4n) is 6.44. The standard InChI is InChI=1S/C18H18ClFN6O.C12H15ClN4.C6H5FN2O2.CH4/c19-12-8-24-17-16(12)14(1-4-22-17)26-5-2-10(3-6-26)25-18(27)11-7-15(21)23-9-13(11)20;13-9-7-16-12-11(9)10(1-4-15-12)17-5-2-8(14)3-6-17;7-4-2-9-5(8)1-3(4)6(10)11;/h1,4,7-10H,2-3,5-6H2,(H2,21,23)(H,22,24)(H,25,27);1,4,7-8H,2-3,5-6,14H2,(H,15,16);1-2H,(H2,8,9)(H,10,11);1H4. The summed E-state index contributed by atoms with van der Waals surface area (Å²) in [5.41, 5.74) is 19.8. The topological polar surface area (TPSA) is 234 Å². The number of hydrogen-bond acceptors (Lipinski definition) is 11. The summed E-state index contributed by atoms with van der Waals surface area (Å²) in [5.74, 6) is -3.28. The normalized spacial score (nSPS) is 14.7. The number of anilines is 4. The van der Waals surface area contributed by atoms with Gasteiger partial charge < -0.3 is 47.4 Å². The molecule has 0 aromatic carbocycles. The summed E-state index contributed by atoms with van der Waals surface area (Å²) in [4.78, 5) is 48.9. The van der Waals surface area contributed by atoms with Crippen LogP contribution in [-0.2, 0) is 0 Å². The van der Waals surface area contributed by atoms with Crippen molar-refractivity contribution >= 4 is 80.2 Å². The Bertz CT molecular complexity index is 2310. The molecule has 296 valence electrons. The second kappa shape index (κ2) is 18.2. The van der Waals surface area contributed by atoms with Crippen molar-refractivity contribution in [2.45, 2.75) is 45.2 Å². The molecule has 56 heavy (non-hydrogen) atoms. The minimum absolute atomic E-state index is 0. The highest BCUT2D eigenvalue weighted by Gasteiger charge is 2.25. The molecule has 0 unspecified atom stereocenters. The number of nitrogens with one attached hydrogen (secondary N) is 3. The van der Waals surface area contributed by atoms with Crippen molar-refractivity contribution in [2.24, 2.45) is 5.73 Å². The third-order valence-corrected chi connectivity index (χ3v) is 9.88. The van der Waals surface area contributed by atoms with Crippen molar-refractivity contribution in [1.82, 2.24) is 35.2 Å². The minimum Gasteiger partial charge on any atom is -0.478 e. The number of aromatic nitrogens is 6. The van der Waals surface area contributed by atoms with E-state index in [0.717, 1.165) is 109 Å². The van der Waals surface area contributed by atoms with Gasteiger partial charge in [0.05, 0.1) is 50.1 Å². The molecule has 2 saturated heterocycles. The largest absolute Gasteiger partial charge is 0.478 e. The molecular weight excluding hydrogens is 769 g/mol. The van der Waals surface area contributed by atoms with Gasteiger partial charge in [-0.15, -0.1) is 0 Å². The van der Waals surface area contributed by atoms with Gasteiger partial charge in [0.1, 0.15) is 28.5 Å². The summed E-state index contributed by atoms with van der Waals surface area (Å²) >= 11 is 12.5. The van der Waals surface area contributed by atoms with Gasteiger partial charge in [-0.25, -0.2) is 33.5 Å². The first-order chi connectivity index (χ1) is 26.4. The summed E-state index contributed by atoms with van der Waals surface area (Å²) in [6, 6.07) is 6.49. The van der Waals surface area contributed by atoms with Crippen molar-refractivity contribution in [1.29, 1.82) is 0 Å². The molecule has 15 nitrogen and oxygen atoms in total. The molecule has 0 spiro atoms. The lowest BCUT2D eigenvalue weighted by Gasteiger charge is -2.34. The lowest BCUT2D eigenvalue weighted by molar-refractivity contribution is 0.0691. The molecule has 2 aliphatic rings. The van der Waals surface area contributed by atoms with Gasteiger partial charge >= 0.3 is 5.97 Å². The third-order valence-electron chi connectivity index (χ3n) is 9.29. The number of carbonyl (C=O) groups excluding carboxylic acids is 1. The van der Waals surface area contributed by atoms with Crippen LogP contribution < -0.4 is 32.3 Å². The quantitative estimate of drug-likeness (QED) is 0.106. The number of pyridine rings is 4. The number of piperidine rings is 2. The molecule has 10 N–H and O–H groups in total. The molecule has 1 amide bonds. The Labute approximate surface area is 330 Å². The van der Waals surface area contributed by atoms with E-state index >= 15 is 0 Å². The van der Waals surface area contributed by atoms with Crippen LogP contribution in [0.25, 0.3) is 22.1 Å². The van der Waals surface area contributed by atoms with Gasteiger partial charge in [-0.05, 0) is 49.9 Å². The predicted octanol–water partition coefficient (Wildman–Crippen LogP) is 6.01. The maximum Gasteiger partial charge on any atom is 0.338 e. The van der Waals surface area contributed by atoms with E-state index in [1.54, 1.807) is 18.6 Å². The first kappa shape index (κ1) is 41.4. The average molecular weight is 812 g/mol. The summed E-state index contributed by atoms with van der Waals surface area (Å²) in [5, 5.41) is 14.5. The molecular formula is C37H42Cl2F2N12O3. The second-order valence-electron chi connectivity index (χ2n) is 12.9. The van der Waals surface area contributed by atoms with Gasteiger partial charge in [-0.3, -0.25) is 4.79 Å². The molecule has 0 atom stereocenters. The highest BCUT2D eigenvalue weighted by Crippen LogP contribution is 2.34. The molecule has 6 aromatic rings. The van der Waals surface area contributed by atoms with E-state index in [1.807, 2.05) is 18.3 Å². The van der Waals surface area contributed by atoms with Gasteiger partial charge in [0, 0.05) is 63.1 Å². The van der Waals surface area contributed by atoms with E-state index in [9.17, 15) is 18.4 Å². The van der Waals surface area contributed by atoms with Gasteiger partial charge in [0.25, 0.3) is 5.91 Å². The van der Waals surface area contributed by atoms with Crippen LogP contribution in [-0.4, -0.2) is 85.1 Å². The van der Waals surface area contributed by atoms with Crippen LogP contribution >= 0.6 is 23.2 Å². The zero-order valence-corrected chi connectivity index (χ0v) is 30.8. The monoisotopic (exact) mass is 810 g/mol. The van der Waals surface area contributed by atoms with Crippen LogP contribution in [0.2, 0.25) is 10.0 Å². The number of fused-ring (bicyclic) bond motifs is 2. The lowest BCUT2D eigenvalue weighted by Crippen LogP contribution is -2.45. The molecule has 19 heteroatoms. The van der Waals surface area contributed by atoms with E-state index in [-0.39, 0.29) is 30.7 Å². The predicted molar refractivity (Wildman–Crippen MR) is 215 cm³/mol. The molecule has 0 saturated carbocycles. The molecule has 8 heterocycles. The minimum atomic E-state index is -1.35. The number of nitrogens with two attached hydrogens (primary N) is 3. The van der Waals surface area contributed by atoms with Crippen LogP contribution in [0.1, 0.15) is 53.8 Å². The van der Waals surface area contributed by atoms with Crippen molar-refractivity contribution in [3.8, 4) is 0 Å². The number of aromatic carboxylic acids is 1. The van der Waals surface area contributed by atoms with Crippen LogP contribution in [0.4, 0.5) is 31.8 Å². The van der Waals surface area contributed by atoms with E-state index in [4.69, 9.17) is 45.5 Å². The number of halogens is 4. The van der Waals surface area contributed by atoms with Gasteiger partial charge in [0.15, 0.2) is 11.6 Å². The number of hydrogen-bond donors (Lipinski definition) is 7. The van der Waals surface area contributed by atoms with E-state index in [2.05, 4.69) is 45.0 Å². The number of rotatable bonds is 5. The molecule has 0 aliphatic carbocycles. The average Bonchev–Trinajstić information content (AvgIpc) is 3.76. The summed E-state index contributed by atoms with van der Waals surface area (Å²) in [6.45, 7) is 3.46. The van der Waals surface area contributed by atoms with Gasteiger partial charge in [-0.1, -0.05) is 30.6 Å². The number of carboxylic acid groups (broad SMARTS) is 1. The molecule has 2 aliphatic heterocycles. The zero-order chi connectivity index (χ0) is 39.2. The van der Waals surface area contributed by atoms with Crippen molar-refractivity contribution in [2.75, 3.05) is 47.4 Å². The number of H-pyrrole nitrogens is 2. The number of nitrogen functional groups attached to an aromatic ring is 2. The third kappa shape index (κ3) is 9.53. The van der Waals surface area contributed by atoms with Crippen LogP contribution in [0, 0.1) is 11.6 Å². The maximum atomic E-state index is 13.8. The SMILES string of the molecule is C.NC1CCN(c2ccnc3[nH]cc(Cl)c23)CC1.Nc1cc(C(=O)NC2CCN(c3ccnc4[nH]cc(Cl)c34)CC2)c(F)cn1.Nc1cc(C(=O)O)c(F)cn1. The Morgan fingerprint density at radius 2 is 1.21 bits per heavy atom. The Kier molecular flexibility index (Phi) is 13.5. The number of carbonyl (C=O) groups is 2. The first-order valence-electron chi connectivity index (χ1n) is 17.2. The Balaban J connectivity index is 0.000000177. The summed E-state index contributed by atoms with van der Waals surface area (Å²) in [6.07, 6.45) is 12.4. The van der Waals surface area contributed by atoms with Gasteiger partial charge in [0.2, 0.25) is 0 Å². The first-order valence-corrected chi connectivity index (χ1v) is 18.0. The summed E-state index contributed by atoms with van der Waals surface area (Å²) in [7, 11) is 0. The van der Waals surface area contributed by atoms with Crippen LogP contribution in [0.3, 0.4) is 0 Å². The number of carboxylic acids is 1. The maximum absolute atomic E-state index is 13.8. The lowest BCUT2D eigenvalue weighted by atomic mass is 10.0. The molecule has 2 fully saturated rings. The molecule has 0 bridgehead atoms. The van der Waals surface area contributed by atoms with Crippen LogP contribution in [0.15, 0.2) is 61.4 Å². The van der Waals surface area contributed by atoms with E-state index in [0.29, 0.717) is 11.1 Å². The number of amides is 1. The highest BCUT2D eigenvalue weighted by molar-refractivity contribution is 6.37. The Morgan fingerprint density at radius 1 is 0.768 bits per heavy atom. The Morgan fingerprint density at radius 3 is 1.68 bits per heavy atom. The fraction of sp³-hybridized carbons (Fsp3) is 0.297. The van der Waals surface area contributed by atoms with Crippen LogP contribution in [0.5, 0.6) is 0 Å². The second-order valence-corrected chi connectivity index (χ2v) is 13.7. The Hall–Kier alpha value is -5.78. The van der Waals surface area contributed by atoms with Crippen molar-refractivity contribution in [3.63, 3.8) is 0 Å². The van der Waals surface area contributed by atoms with E-state index < -0.39 is 29.1 Å². The summed E-state index contributed by atoms with van der Waals surface area (Å²) < 4.78 is 26.3. The smallest absolute Gasteiger partial charge is 0.338 e. The molecule has 0 radical (unpaired) electrons. The zero-order valence-electron chi connectivity index (χ0n) is 29.3. The van der Waals surface area contributed by atoms with Crippen molar-refractivity contribution in [3.05, 3.63) is 94.3 Å². The van der Waals surface area contributed by atoms with Crippen molar-refractivity contribution < 1.29 is 23.5 Å².